The molecule has 1 aromatic carbocycles. The molecular weight excluding hydrogens is 252 g/mol. The minimum atomic E-state index is -0.132. The van der Waals surface area contributed by atoms with Crippen molar-refractivity contribution in [1.29, 1.82) is 0 Å². The molecule has 1 N–H and O–H groups in total. The first-order valence-electron chi connectivity index (χ1n) is 7.01. The number of aliphatic hydroxyl groups excluding tert-OH is 1. The Bertz CT molecular complexity index is 455. The van der Waals surface area contributed by atoms with E-state index in [1.165, 1.54) is 6.42 Å². The predicted octanol–water partition coefficient (Wildman–Crippen LogP) is 2.99. The van der Waals surface area contributed by atoms with Crippen molar-refractivity contribution >= 4 is 0 Å². The van der Waals surface area contributed by atoms with Gasteiger partial charge in [-0.3, -0.25) is 0 Å². The zero-order valence-corrected chi connectivity index (χ0v) is 12.6. The molecule has 0 radical (unpaired) electrons. The van der Waals surface area contributed by atoms with E-state index in [9.17, 15) is 0 Å². The Labute approximate surface area is 121 Å². The fraction of sp³-hybridized carbons (Fsp3) is 0.529. The Morgan fingerprint density at radius 3 is 2.75 bits per heavy atom. The van der Waals surface area contributed by atoms with Gasteiger partial charge in [0.2, 0.25) is 0 Å². The molecule has 0 atom stereocenters. The number of hydrogen-bond donors (Lipinski definition) is 1. The van der Waals surface area contributed by atoms with Crippen LogP contribution in [-0.4, -0.2) is 25.4 Å². The SMILES string of the molecule is COc1ccc(C#CCO)cc1COCCCC(C)C. The standard InChI is InChI=1S/C17H24O3/c1-14(2)6-5-11-20-13-16-12-15(7-4-10-18)8-9-17(16)19-3/h8-9,12,14,18H,5-6,10-11,13H2,1-3H3. The van der Waals surface area contributed by atoms with E-state index in [-0.39, 0.29) is 6.61 Å². The molecule has 0 spiro atoms. The zero-order valence-electron chi connectivity index (χ0n) is 12.6. The maximum Gasteiger partial charge on any atom is 0.124 e. The molecule has 110 valence electrons. The lowest BCUT2D eigenvalue weighted by Gasteiger charge is -2.10. The summed E-state index contributed by atoms with van der Waals surface area (Å²) >= 11 is 0. The molecule has 0 amide bonds. The summed E-state index contributed by atoms with van der Waals surface area (Å²) in [6.07, 6.45) is 2.25. The first-order valence-corrected chi connectivity index (χ1v) is 7.01. The van der Waals surface area contributed by atoms with Crippen molar-refractivity contribution in [2.24, 2.45) is 5.92 Å². The van der Waals surface area contributed by atoms with Crippen LogP contribution >= 0.6 is 0 Å². The molecular formula is C17H24O3. The third kappa shape index (κ3) is 6.10. The van der Waals surface area contributed by atoms with Crippen molar-refractivity contribution < 1.29 is 14.6 Å². The van der Waals surface area contributed by atoms with Crippen LogP contribution in [0.15, 0.2) is 18.2 Å². The molecule has 0 aliphatic heterocycles. The molecule has 3 nitrogen and oxygen atoms in total. The van der Waals surface area contributed by atoms with E-state index in [4.69, 9.17) is 14.6 Å². The predicted molar refractivity (Wildman–Crippen MR) is 80.7 cm³/mol. The van der Waals surface area contributed by atoms with Crippen molar-refractivity contribution in [2.45, 2.75) is 33.3 Å². The highest BCUT2D eigenvalue weighted by atomic mass is 16.5. The Morgan fingerprint density at radius 2 is 2.10 bits per heavy atom. The van der Waals surface area contributed by atoms with Crippen molar-refractivity contribution in [3.05, 3.63) is 29.3 Å². The third-order valence-corrected chi connectivity index (χ3v) is 2.92. The Hall–Kier alpha value is -1.50. The first kappa shape index (κ1) is 16.6. The monoisotopic (exact) mass is 276 g/mol. The summed E-state index contributed by atoms with van der Waals surface area (Å²) in [7, 11) is 1.65. The van der Waals surface area contributed by atoms with Gasteiger partial charge in [0.25, 0.3) is 0 Å². The lowest BCUT2D eigenvalue weighted by molar-refractivity contribution is 0.113. The summed E-state index contributed by atoms with van der Waals surface area (Å²) < 4.78 is 11.0. The van der Waals surface area contributed by atoms with Crippen LogP contribution in [0.4, 0.5) is 0 Å². The van der Waals surface area contributed by atoms with E-state index in [0.717, 1.165) is 29.9 Å². The number of methoxy groups -OCH3 is 1. The van der Waals surface area contributed by atoms with Gasteiger partial charge in [-0.25, -0.2) is 0 Å². The van der Waals surface area contributed by atoms with Gasteiger partial charge in [0.15, 0.2) is 0 Å². The van der Waals surface area contributed by atoms with Crippen molar-refractivity contribution in [2.75, 3.05) is 20.3 Å². The highest BCUT2D eigenvalue weighted by molar-refractivity contribution is 5.44. The number of hydrogen-bond acceptors (Lipinski definition) is 3. The number of ether oxygens (including phenoxy) is 2. The van der Waals surface area contributed by atoms with Gasteiger partial charge < -0.3 is 14.6 Å². The lowest BCUT2D eigenvalue weighted by atomic mass is 10.1. The van der Waals surface area contributed by atoms with Gasteiger partial charge in [0.1, 0.15) is 12.4 Å². The minimum Gasteiger partial charge on any atom is -0.496 e. The molecule has 20 heavy (non-hydrogen) atoms. The molecule has 1 rings (SSSR count). The molecule has 0 aromatic heterocycles. The Balaban J connectivity index is 2.57. The van der Waals surface area contributed by atoms with E-state index in [1.54, 1.807) is 7.11 Å². The summed E-state index contributed by atoms with van der Waals surface area (Å²) in [5, 5.41) is 8.72. The highest BCUT2D eigenvalue weighted by Gasteiger charge is 2.04. The summed E-state index contributed by atoms with van der Waals surface area (Å²) in [4.78, 5) is 0. The van der Waals surface area contributed by atoms with Crippen molar-refractivity contribution in [3.8, 4) is 17.6 Å². The van der Waals surface area contributed by atoms with Gasteiger partial charge in [-0.05, 0) is 37.0 Å². The molecule has 0 bridgehead atoms. The zero-order chi connectivity index (χ0) is 14.8. The second-order valence-corrected chi connectivity index (χ2v) is 5.08. The molecule has 1 aromatic rings. The average molecular weight is 276 g/mol. The summed E-state index contributed by atoms with van der Waals surface area (Å²) in [6, 6.07) is 5.71. The first-order chi connectivity index (χ1) is 9.67. The molecule has 0 heterocycles. The number of benzene rings is 1. The van der Waals surface area contributed by atoms with E-state index in [1.807, 2.05) is 18.2 Å². The molecule has 0 aliphatic carbocycles. The smallest absolute Gasteiger partial charge is 0.124 e. The quantitative estimate of drug-likeness (QED) is 0.614. The van der Waals surface area contributed by atoms with Gasteiger partial charge in [-0.1, -0.05) is 25.7 Å². The van der Waals surface area contributed by atoms with E-state index >= 15 is 0 Å². The molecule has 0 aliphatic rings. The Kier molecular flexibility index (Phi) is 7.79. The summed E-state index contributed by atoms with van der Waals surface area (Å²) in [5.41, 5.74) is 1.85. The van der Waals surface area contributed by atoms with Crippen molar-refractivity contribution in [1.82, 2.24) is 0 Å². The van der Waals surface area contributed by atoms with Crippen LogP contribution in [0.1, 0.15) is 37.8 Å². The van der Waals surface area contributed by atoms with Crippen LogP contribution in [0.5, 0.6) is 5.75 Å². The van der Waals surface area contributed by atoms with Gasteiger partial charge >= 0.3 is 0 Å². The Morgan fingerprint density at radius 1 is 1.30 bits per heavy atom. The van der Waals surface area contributed by atoms with Crippen LogP contribution in [0, 0.1) is 17.8 Å². The van der Waals surface area contributed by atoms with Crippen LogP contribution < -0.4 is 4.74 Å². The van der Waals surface area contributed by atoms with Gasteiger partial charge in [0, 0.05) is 17.7 Å². The maximum absolute atomic E-state index is 8.72. The van der Waals surface area contributed by atoms with Gasteiger partial charge in [0.05, 0.1) is 13.7 Å². The minimum absolute atomic E-state index is 0.132. The largest absolute Gasteiger partial charge is 0.496 e. The fourth-order valence-corrected chi connectivity index (χ4v) is 1.89. The van der Waals surface area contributed by atoms with E-state index < -0.39 is 0 Å². The molecule has 0 saturated heterocycles. The number of aliphatic hydroxyl groups is 1. The fourth-order valence-electron chi connectivity index (χ4n) is 1.89. The van der Waals surface area contributed by atoms with Crippen molar-refractivity contribution in [3.63, 3.8) is 0 Å². The lowest BCUT2D eigenvalue weighted by Crippen LogP contribution is -2.00. The molecule has 0 saturated carbocycles. The maximum atomic E-state index is 8.72. The third-order valence-electron chi connectivity index (χ3n) is 2.92. The van der Waals surface area contributed by atoms with E-state index in [0.29, 0.717) is 12.5 Å². The van der Waals surface area contributed by atoms with Crippen LogP contribution in [0.3, 0.4) is 0 Å². The number of rotatable bonds is 7. The molecule has 3 heteroatoms. The highest BCUT2D eigenvalue weighted by Crippen LogP contribution is 2.20. The summed E-state index contributed by atoms with van der Waals surface area (Å²) in [5.74, 6) is 7.06. The second-order valence-electron chi connectivity index (χ2n) is 5.08. The second kappa shape index (κ2) is 9.41. The van der Waals surface area contributed by atoms with E-state index in [2.05, 4.69) is 25.7 Å². The van der Waals surface area contributed by atoms with Gasteiger partial charge in [-0.15, -0.1) is 0 Å². The normalized spacial score (nSPS) is 10.2. The van der Waals surface area contributed by atoms with Crippen LogP contribution in [0.25, 0.3) is 0 Å². The summed E-state index contributed by atoms with van der Waals surface area (Å²) in [6.45, 7) is 5.58. The van der Waals surface area contributed by atoms with Gasteiger partial charge in [-0.2, -0.15) is 0 Å². The van der Waals surface area contributed by atoms with Crippen LogP contribution in [0.2, 0.25) is 0 Å². The molecule has 0 fully saturated rings. The van der Waals surface area contributed by atoms with Crippen LogP contribution in [-0.2, 0) is 11.3 Å². The average Bonchev–Trinajstić information content (AvgIpc) is 2.44. The molecule has 0 unspecified atom stereocenters. The topological polar surface area (TPSA) is 38.7 Å².